The van der Waals surface area contributed by atoms with Crippen LogP contribution in [0.1, 0.15) is 6.92 Å². The maximum atomic E-state index is 12.7. The largest absolute Gasteiger partial charge is 0.399 e. The maximum Gasteiger partial charge on any atom is 0.244 e. The fraction of sp³-hybridized carbons (Fsp3) is 0.500. The second kappa shape index (κ2) is 6.15. The van der Waals surface area contributed by atoms with Gasteiger partial charge in [-0.3, -0.25) is 0 Å². The van der Waals surface area contributed by atoms with E-state index in [-0.39, 0.29) is 22.9 Å². The van der Waals surface area contributed by atoms with E-state index < -0.39 is 25.2 Å². The van der Waals surface area contributed by atoms with E-state index >= 15 is 0 Å². The second-order valence-electron chi connectivity index (χ2n) is 4.67. The molecule has 0 aromatic heterocycles. The third kappa shape index (κ3) is 3.36. The quantitative estimate of drug-likeness (QED) is 0.806. The van der Waals surface area contributed by atoms with Crippen molar-refractivity contribution in [3.8, 4) is 0 Å². The van der Waals surface area contributed by atoms with E-state index in [2.05, 4.69) is 0 Å². The summed E-state index contributed by atoms with van der Waals surface area (Å²) in [6.07, 6.45) is 0. The Morgan fingerprint density at radius 3 is 2.67 bits per heavy atom. The summed E-state index contributed by atoms with van der Waals surface area (Å²) in [5.41, 5.74) is 5.96. The van der Waals surface area contributed by atoms with Crippen LogP contribution in [0.5, 0.6) is 0 Å². The van der Waals surface area contributed by atoms with Gasteiger partial charge in [0.2, 0.25) is 10.0 Å². The van der Waals surface area contributed by atoms with Gasteiger partial charge in [-0.15, -0.1) is 0 Å². The molecule has 1 aromatic rings. The molecule has 1 aromatic carbocycles. The van der Waals surface area contributed by atoms with Crippen molar-refractivity contribution < 1.29 is 16.8 Å². The van der Waals surface area contributed by atoms with Crippen LogP contribution in [0.15, 0.2) is 29.2 Å². The Kier molecular flexibility index (Phi) is 4.86. The fourth-order valence-electron chi connectivity index (χ4n) is 2.13. The molecule has 0 bridgehead atoms. The number of sulfone groups is 1. The van der Waals surface area contributed by atoms with Gasteiger partial charge in [-0.25, -0.2) is 16.8 Å². The first-order valence-corrected chi connectivity index (χ1v) is 10.8. The average Bonchev–Trinajstić information content (AvgIpc) is 2.47. The van der Waals surface area contributed by atoms with Crippen LogP contribution in [0.4, 0.5) is 5.69 Å². The molecule has 9 heteroatoms. The van der Waals surface area contributed by atoms with E-state index in [1.807, 2.05) is 0 Å². The van der Waals surface area contributed by atoms with E-state index in [0.717, 1.165) is 4.31 Å². The number of nitrogens with zero attached hydrogens (tertiary/aromatic N) is 1. The van der Waals surface area contributed by atoms with E-state index in [1.165, 1.54) is 30.8 Å². The van der Waals surface area contributed by atoms with Gasteiger partial charge in [-0.2, -0.15) is 16.1 Å². The first-order chi connectivity index (χ1) is 9.79. The van der Waals surface area contributed by atoms with Crippen molar-refractivity contribution in [2.24, 2.45) is 0 Å². The molecule has 6 nitrogen and oxygen atoms in total. The highest BCUT2D eigenvalue weighted by Crippen LogP contribution is 2.28. The molecular weight excluding hydrogens is 332 g/mol. The van der Waals surface area contributed by atoms with Gasteiger partial charge in [-0.1, -0.05) is 13.0 Å². The molecule has 1 atom stereocenters. The number of anilines is 1. The molecule has 118 valence electrons. The zero-order valence-corrected chi connectivity index (χ0v) is 14.0. The summed E-state index contributed by atoms with van der Waals surface area (Å²) in [5.74, 6) is 0.760. The van der Waals surface area contributed by atoms with Gasteiger partial charge in [0, 0.05) is 29.5 Å². The summed E-state index contributed by atoms with van der Waals surface area (Å²) >= 11 is 1.45. The second-order valence-corrected chi connectivity index (χ2v) is 10.2. The van der Waals surface area contributed by atoms with E-state index in [4.69, 9.17) is 5.73 Å². The summed E-state index contributed by atoms with van der Waals surface area (Å²) in [4.78, 5) is 0.0331. The molecule has 1 saturated heterocycles. The van der Waals surface area contributed by atoms with E-state index in [0.29, 0.717) is 11.4 Å². The molecule has 1 unspecified atom stereocenters. The lowest BCUT2D eigenvalue weighted by atomic mass is 10.3. The lowest BCUT2D eigenvalue weighted by Gasteiger charge is -2.33. The third-order valence-electron chi connectivity index (χ3n) is 3.32. The normalized spacial score (nSPS) is 21.3. The van der Waals surface area contributed by atoms with Gasteiger partial charge in [-0.05, 0) is 18.2 Å². The molecule has 0 aliphatic carbocycles. The zero-order valence-electron chi connectivity index (χ0n) is 11.6. The number of rotatable bonds is 4. The van der Waals surface area contributed by atoms with Gasteiger partial charge in [0.25, 0.3) is 0 Å². The Balaban J connectivity index is 2.46. The van der Waals surface area contributed by atoms with Crippen molar-refractivity contribution in [2.75, 3.05) is 29.5 Å². The minimum Gasteiger partial charge on any atom is -0.399 e. The lowest BCUT2D eigenvalue weighted by Crippen LogP contribution is -2.50. The first kappa shape index (κ1) is 16.6. The average molecular weight is 350 g/mol. The van der Waals surface area contributed by atoms with Crippen molar-refractivity contribution in [2.45, 2.75) is 17.2 Å². The van der Waals surface area contributed by atoms with Crippen molar-refractivity contribution in [1.29, 1.82) is 0 Å². The number of nitrogen functional groups attached to an aromatic ring is 1. The third-order valence-corrected chi connectivity index (χ3v) is 8.65. The SMILES string of the molecule is CCS(=O)(=O)C1CSCCN1S(=O)(=O)c1cccc(N)c1. The van der Waals surface area contributed by atoms with Crippen LogP contribution in [0.2, 0.25) is 0 Å². The van der Waals surface area contributed by atoms with Gasteiger partial charge >= 0.3 is 0 Å². The molecule has 0 spiro atoms. The molecule has 1 aliphatic heterocycles. The summed E-state index contributed by atoms with van der Waals surface area (Å²) in [6, 6.07) is 5.92. The molecular formula is C12H18N2O4S3. The van der Waals surface area contributed by atoms with Crippen LogP contribution in [0, 0.1) is 0 Å². The monoisotopic (exact) mass is 350 g/mol. The predicted octanol–water partition coefficient (Wildman–Crippen LogP) is 0.767. The van der Waals surface area contributed by atoms with Gasteiger partial charge in [0.15, 0.2) is 9.84 Å². The Labute approximate surface area is 129 Å². The van der Waals surface area contributed by atoms with E-state index in [9.17, 15) is 16.8 Å². The topological polar surface area (TPSA) is 97.5 Å². The van der Waals surface area contributed by atoms with Gasteiger partial charge in [0.05, 0.1) is 4.90 Å². The number of benzene rings is 1. The lowest BCUT2D eigenvalue weighted by molar-refractivity contribution is 0.404. The van der Waals surface area contributed by atoms with Crippen molar-refractivity contribution >= 4 is 37.3 Å². The minimum atomic E-state index is -3.87. The molecule has 0 radical (unpaired) electrons. The zero-order chi connectivity index (χ0) is 15.7. The number of sulfonamides is 1. The summed E-state index contributed by atoms with van der Waals surface area (Å²) in [6.45, 7) is 1.71. The Bertz CT molecular complexity index is 716. The van der Waals surface area contributed by atoms with E-state index in [1.54, 1.807) is 12.1 Å². The van der Waals surface area contributed by atoms with Crippen LogP contribution in [-0.4, -0.2) is 50.3 Å². The van der Waals surface area contributed by atoms with Crippen LogP contribution in [0.3, 0.4) is 0 Å². The molecule has 1 fully saturated rings. The molecule has 0 amide bonds. The highest BCUT2D eigenvalue weighted by molar-refractivity contribution is 8.01. The Morgan fingerprint density at radius 2 is 2.05 bits per heavy atom. The smallest absolute Gasteiger partial charge is 0.244 e. The van der Waals surface area contributed by atoms with Gasteiger partial charge < -0.3 is 5.73 Å². The molecule has 2 rings (SSSR count). The minimum absolute atomic E-state index is 0.0331. The summed E-state index contributed by atoms with van der Waals surface area (Å²) in [5, 5.41) is -1.01. The van der Waals surface area contributed by atoms with Crippen LogP contribution < -0.4 is 5.73 Å². The Morgan fingerprint density at radius 1 is 1.33 bits per heavy atom. The van der Waals surface area contributed by atoms with Crippen LogP contribution in [0.25, 0.3) is 0 Å². The van der Waals surface area contributed by atoms with Crippen molar-refractivity contribution in [1.82, 2.24) is 4.31 Å². The number of nitrogens with two attached hydrogens (primary N) is 1. The number of thioether (sulfide) groups is 1. The molecule has 0 saturated carbocycles. The molecule has 1 heterocycles. The molecule has 2 N–H and O–H groups in total. The van der Waals surface area contributed by atoms with Crippen molar-refractivity contribution in [3.05, 3.63) is 24.3 Å². The maximum absolute atomic E-state index is 12.7. The highest BCUT2D eigenvalue weighted by atomic mass is 32.2. The van der Waals surface area contributed by atoms with Gasteiger partial charge in [0.1, 0.15) is 5.37 Å². The summed E-state index contributed by atoms with van der Waals surface area (Å²) < 4.78 is 50.8. The van der Waals surface area contributed by atoms with Crippen LogP contribution >= 0.6 is 11.8 Å². The molecule has 21 heavy (non-hydrogen) atoms. The molecule has 1 aliphatic rings. The fourth-order valence-corrected chi connectivity index (χ4v) is 7.43. The predicted molar refractivity (Wildman–Crippen MR) is 85.3 cm³/mol. The number of hydrogen-bond donors (Lipinski definition) is 1. The number of hydrogen-bond acceptors (Lipinski definition) is 6. The van der Waals surface area contributed by atoms with Crippen molar-refractivity contribution in [3.63, 3.8) is 0 Å². The highest BCUT2D eigenvalue weighted by Gasteiger charge is 2.40. The standard InChI is InChI=1S/C12H18N2O4S3/c1-2-20(15,16)12-9-19-7-6-14(12)21(17,18)11-5-3-4-10(13)8-11/h3-5,8,12H,2,6-7,9,13H2,1H3. The first-order valence-electron chi connectivity index (χ1n) is 6.45. The Hall–Kier alpha value is -0.770. The summed E-state index contributed by atoms with van der Waals surface area (Å²) in [7, 11) is -7.34. The van der Waals surface area contributed by atoms with Crippen LogP contribution in [-0.2, 0) is 19.9 Å².